The Labute approximate surface area is 212 Å². The van der Waals surface area contributed by atoms with Crippen LogP contribution < -0.4 is 15.5 Å². The Morgan fingerprint density at radius 1 is 0.971 bits per heavy atom. The Balaban J connectivity index is 0.000000157. The van der Waals surface area contributed by atoms with Crippen molar-refractivity contribution < 1.29 is 13.6 Å². The third-order valence-electron chi connectivity index (χ3n) is 6.69. The monoisotopic (exact) mass is 528 g/mol. The van der Waals surface area contributed by atoms with Crippen LogP contribution in [0.5, 0.6) is 0 Å². The molecule has 3 aromatic rings. The van der Waals surface area contributed by atoms with Gasteiger partial charge in [0.2, 0.25) is 0 Å². The van der Waals surface area contributed by atoms with Crippen LogP contribution in [0.4, 0.5) is 14.5 Å². The van der Waals surface area contributed by atoms with E-state index in [9.17, 15) is 13.6 Å². The highest BCUT2D eigenvalue weighted by Gasteiger charge is 2.38. The summed E-state index contributed by atoms with van der Waals surface area (Å²) in [6.45, 7) is 6.37. The highest BCUT2D eigenvalue weighted by Crippen LogP contribution is 2.40. The van der Waals surface area contributed by atoms with Crippen LogP contribution in [0.25, 0.3) is 10.9 Å². The van der Waals surface area contributed by atoms with Gasteiger partial charge in [-0.15, -0.1) is 12.4 Å². The fourth-order valence-electron chi connectivity index (χ4n) is 5.20. The summed E-state index contributed by atoms with van der Waals surface area (Å²) in [4.78, 5) is 13.9. The molecule has 0 spiro atoms. The number of carbonyl (C=O) groups is 1. The fraction of sp³-hybridized carbons (Fsp3) is 0.375. The quantitative estimate of drug-likeness (QED) is 0.412. The van der Waals surface area contributed by atoms with Crippen molar-refractivity contribution in [3.8, 4) is 0 Å². The van der Waals surface area contributed by atoms with Crippen molar-refractivity contribution in [1.29, 1.82) is 0 Å². The number of nitrogens with zero attached hydrogens (tertiary/aromatic N) is 2. The van der Waals surface area contributed by atoms with Gasteiger partial charge in [0.05, 0.1) is 16.2 Å². The van der Waals surface area contributed by atoms with Gasteiger partial charge in [-0.3, -0.25) is 4.79 Å². The van der Waals surface area contributed by atoms with E-state index in [1.54, 1.807) is 16.7 Å². The number of benzene rings is 2. The average molecular weight is 530 g/mol. The van der Waals surface area contributed by atoms with Crippen molar-refractivity contribution in [2.45, 2.75) is 38.4 Å². The molecule has 10 heteroatoms. The Hall–Kier alpha value is -2.06. The van der Waals surface area contributed by atoms with Gasteiger partial charge in [-0.25, -0.2) is 8.78 Å². The zero-order valence-corrected chi connectivity index (χ0v) is 21.0. The Morgan fingerprint density at radius 3 is 2.44 bits per heavy atom. The molecular formula is C24H25Cl3F2N4O. The van der Waals surface area contributed by atoms with Gasteiger partial charge in [0.15, 0.2) is 0 Å². The van der Waals surface area contributed by atoms with Crippen molar-refractivity contribution in [3.05, 3.63) is 63.3 Å². The molecule has 3 atom stereocenters. The van der Waals surface area contributed by atoms with Crippen molar-refractivity contribution in [2.75, 3.05) is 24.5 Å². The van der Waals surface area contributed by atoms with E-state index in [0.717, 1.165) is 30.8 Å². The molecule has 3 aliphatic heterocycles. The maximum absolute atomic E-state index is 13.9. The minimum atomic E-state index is -0.350. The lowest BCUT2D eigenvalue weighted by Gasteiger charge is -2.38. The molecule has 4 heterocycles. The molecule has 182 valence electrons. The molecule has 2 N–H and O–H groups in total. The van der Waals surface area contributed by atoms with Crippen LogP contribution >= 0.6 is 35.6 Å². The molecule has 0 bridgehead atoms. The molecular weight excluding hydrogens is 505 g/mol. The predicted molar refractivity (Wildman–Crippen MR) is 135 cm³/mol. The van der Waals surface area contributed by atoms with Crippen LogP contribution in [-0.4, -0.2) is 42.2 Å². The van der Waals surface area contributed by atoms with Crippen LogP contribution in [0.15, 0.2) is 30.3 Å². The highest BCUT2D eigenvalue weighted by molar-refractivity contribution is 6.35. The van der Waals surface area contributed by atoms with Gasteiger partial charge in [0.1, 0.15) is 17.3 Å². The topological polar surface area (TPSA) is 49.3 Å². The van der Waals surface area contributed by atoms with Gasteiger partial charge in [-0.05, 0) is 56.2 Å². The van der Waals surface area contributed by atoms with E-state index < -0.39 is 0 Å². The summed E-state index contributed by atoms with van der Waals surface area (Å²) < 4.78 is 29.5. The first kappa shape index (κ1) is 25.0. The van der Waals surface area contributed by atoms with Crippen LogP contribution in [-0.2, 0) is 6.42 Å². The average Bonchev–Trinajstić information content (AvgIpc) is 3.39. The van der Waals surface area contributed by atoms with Gasteiger partial charge >= 0.3 is 0 Å². The number of hydrogen-bond donors (Lipinski definition) is 2. The minimum absolute atomic E-state index is 0. The third-order valence-corrected chi connectivity index (χ3v) is 7.37. The van der Waals surface area contributed by atoms with Gasteiger partial charge in [0, 0.05) is 48.2 Å². The third kappa shape index (κ3) is 4.02. The van der Waals surface area contributed by atoms with E-state index >= 15 is 0 Å². The normalized spacial score (nSPS) is 22.7. The lowest BCUT2D eigenvalue weighted by molar-refractivity contribution is 0.0919. The summed E-state index contributed by atoms with van der Waals surface area (Å²) in [5.41, 5.74) is 2.58. The van der Waals surface area contributed by atoms with Crippen molar-refractivity contribution >= 4 is 58.1 Å². The zero-order chi connectivity index (χ0) is 23.4. The maximum Gasteiger partial charge on any atom is 0.268 e. The Bertz CT molecular complexity index is 1260. The number of piperazine rings is 1. The Kier molecular flexibility index (Phi) is 7.02. The van der Waals surface area contributed by atoms with E-state index in [2.05, 4.69) is 22.5 Å². The first-order valence-electron chi connectivity index (χ1n) is 11.0. The van der Waals surface area contributed by atoms with Gasteiger partial charge in [0.25, 0.3) is 5.91 Å². The van der Waals surface area contributed by atoms with E-state index in [0.29, 0.717) is 45.3 Å². The molecule has 0 radical (unpaired) electrons. The predicted octanol–water partition coefficient (Wildman–Crippen LogP) is 5.36. The summed E-state index contributed by atoms with van der Waals surface area (Å²) in [6, 6.07) is 8.32. The van der Waals surface area contributed by atoms with Crippen molar-refractivity contribution in [2.24, 2.45) is 0 Å². The molecule has 2 aromatic carbocycles. The summed E-state index contributed by atoms with van der Waals surface area (Å²) in [5, 5.41) is 7.88. The number of fused-ring (bicyclic) bond motifs is 6. The van der Waals surface area contributed by atoms with Gasteiger partial charge in [-0.1, -0.05) is 23.2 Å². The van der Waals surface area contributed by atoms with Crippen LogP contribution in [0.2, 0.25) is 10.0 Å². The number of nitrogens with one attached hydrogen (secondary N) is 2. The number of amides is 1. The van der Waals surface area contributed by atoms with E-state index in [-0.39, 0.29) is 36.0 Å². The highest BCUT2D eigenvalue weighted by atomic mass is 35.5. The fourth-order valence-corrected chi connectivity index (χ4v) is 5.64. The van der Waals surface area contributed by atoms with E-state index in [1.165, 1.54) is 18.2 Å². The molecule has 3 aliphatic rings. The van der Waals surface area contributed by atoms with E-state index in [1.807, 2.05) is 6.92 Å². The van der Waals surface area contributed by atoms with Crippen LogP contribution in [0.3, 0.4) is 0 Å². The van der Waals surface area contributed by atoms with Crippen LogP contribution in [0, 0.1) is 11.6 Å². The molecule has 1 amide bonds. The summed E-state index contributed by atoms with van der Waals surface area (Å²) in [5.74, 6) is -0.678. The second kappa shape index (κ2) is 9.53. The molecule has 1 fully saturated rings. The largest absolute Gasteiger partial charge is 0.360 e. The molecule has 34 heavy (non-hydrogen) atoms. The van der Waals surface area contributed by atoms with Gasteiger partial charge < -0.3 is 20.1 Å². The molecule has 0 unspecified atom stereocenters. The maximum atomic E-state index is 13.9. The SMILES string of the molecule is C[C@@H]1CNC(=O)c2cc3c(Cl)ccc(F)c3n21.C[C@@H]1CNC[C@H]2Cc3c(Cl)ccc(F)c3N21.Cl. The number of aromatic nitrogens is 1. The first-order chi connectivity index (χ1) is 15.8. The lowest BCUT2D eigenvalue weighted by atomic mass is 10.1. The number of halogens is 5. The number of carbonyl (C=O) groups excluding carboxylic acids is 1. The molecule has 1 aromatic heterocycles. The first-order valence-corrected chi connectivity index (χ1v) is 11.8. The molecule has 6 rings (SSSR count). The second-order valence-electron chi connectivity index (χ2n) is 8.88. The molecule has 5 nitrogen and oxygen atoms in total. The second-order valence-corrected chi connectivity index (χ2v) is 9.69. The zero-order valence-electron chi connectivity index (χ0n) is 18.7. The smallest absolute Gasteiger partial charge is 0.268 e. The van der Waals surface area contributed by atoms with E-state index in [4.69, 9.17) is 23.2 Å². The van der Waals surface area contributed by atoms with Crippen LogP contribution in [0.1, 0.15) is 35.9 Å². The minimum Gasteiger partial charge on any atom is -0.360 e. The summed E-state index contributed by atoms with van der Waals surface area (Å²) >= 11 is 12.2. The lowest BCUT2D eigenvalue weighted by Crippen LogP contribution is -2.55. The van der Waals surface area contributed by atoms with Crippen molar-refractivity contribution in [1.82, 2.24) is 15.2 Å². The number of anilines is 1. The standard InChI is InChI=1S/C12H10ClFN2O.C12H14ClFN2.ClH/c1-6-5-15-12(17)10-4-7-8(13)2-3-9(14)11(7)16(6)10;1-7-5-15-6-8-4-9-10(13)2-3-11(14)12(9)16(7)8;/h2-4,6H,5H2,1H3,(H,15,17);2-3,7-8,15H,4-6H2,1H3;1H/t6-;7-,8-;/m11./s1. The van der Waals surface area contributed by atoms with Gasteiger partial charge in [-0.2, -0.15) is 0 Å². The number of rotatable bonds is 0. The molecule has 1 saturated heterocycles. The summed E-state index contributed by atoms with van der Waals surface area (Å²) in [6.07, 6.45) is 0.850. The van der Waals surface area contributed by atoms with Crippen molar-refractivity contribution in [3.63, 3.8) is 0 Å². The molecule has 0 saturated carbocycles. The summed E-state index contributed by atoms with van der Waals surface area (Å²) in [7, 11) is 0. The Morgan fingerprint density at radius 2 is 1.68 bits per heavy atom. The molecule has 0 aliphatic carbocycles. The number of hydrogen-bond acceptors (Lipinski definition) is 3.